The van der Waals surface area contributed by atoms with Gasteiger partial charge in [0.15, 0.2) is 0 Å². The van der Waals surface area contributed by atoms with E-state index in [-0.39, 0.29) is 12.1 Å². The fraction of sp³-hybridized carbons (Fsp3) is 0.400. The molecule has 4 heteroatoms. The van der Waals surface area contributed by atoms with E-state index in [2.05, 4.69) is 29.2 Å². The van der Waals surface area contributed by atoms with E-state index in [1.54, 1.807) is 0 Å². The van der Waals surface area contributed by atoms with Crippen LogP contribution in [0.3, 0.4) is 0 Å². The molecule has 0 aromatic heterocycles. The molecule has 1 aromatic carbocycles. The Bertz CT molecular complexity index is 472. The molecule has 4 nitrogen and oxygen atoms in total. The van der Waals surface area contributed by atoms with E-state index in [1.807, 2.05) is 23.1 Å². The van der Waals surface area contributed by atoms with Crippen molar-refractivity contribution in [3.63, 3.8) is 0 Å². The molecule has 2 saturated heterocycles. The maximum Gasteiger partial charge on any atom is 0.410 e. The third-order valence-corrected chi connectivity index (χ3v) is 3.67. The second-order valence-corrected chi connectivity index (χ2v) is 5.00. The second kappa shape index (κ2) is 5.45. The van der Waals surface area contributed by atoms with Gasteiger partial charge in [0, 0.05) is 26.2 Å². The first-order chi connectivity index (χ1) is 9.33. The molecule has 3 rings (SSSR count). The smallest absolute Gasteiger partial charge is 0.410 e. The SMILES string of the molecule is O=C1OCC2CN(CC=Cc3ccccc3)CCN12. The minimum atomic E-state index is -0.149. The van der Waals surface area contributed by atoms with Gasteiger partial charge >= 0.3 is 6.09 Å². The summed E-state index contributed by atoms with van der Waals surface area (Å²) in [6.45, 7) is 4.07. The van der Waals surface area contributed by atoms with Crippen molar-refractivity contribution in [2.24, 2.45) is 0 Å². The number of hydrogen-bond acceptors (Lipinski definition) is 3. The van der Waals surface area contributed by atoms with Crippen molar-refractivity contribution in [1.82, 2.24) is 9.80 Å². The number of carbonyl (C=O) groups is 1. The summed E-state index contributed by atoms with van der Waals surface area (Å²) in [6, 6.07) is 10.5. The van der Waals surface area contributed by atoms with Gasteiger partial charge in [0.05, 0.1) is 6.04 Å². The normalized spacial score (nSPS) is 23.7. The molecule has 0 saturated carbocycles. The quantitative estimate of drug-likeness (QED) is 0.829. The van der Waals surface area contributed by atoms with Crippen molar-refractivity contribution in [2.45, 2.75) is 6.04 Å². The Morgan fingerprint density at radius 1 is 1.26 bits per heavy atom. The van der Waals surface area contributed by atoms with Crippen LogP contribution in [-0.4, -0.2) is 54.7 Å². The summed E-state index contributed by atoms with van der Waals surface area (Å²) < 4.78 is 5.06. The van der Waals surface area contributed by atoms with Crippen molar-refractivity contribution >= 4 is 12.2 Å². The fourth-order valence-corrected chi connectivity index (χ4v) is 2.62. The Morgan fingerprint density at radius 2 is 2.11 bits per heavy atom. The molecule has 2 heterocycles. The summed E-state index contributed by atoms with van der Waals surface area (Å²) in [5, 5.41) is 0. The summed E-state index contributed by atoms with van der Waals surface area (Å²) in [5.41, 5.74) is 1.22. The topological polar surface area (TPSA) is 32.8 Å². The molecule has 0 radical (unpaired) electrons. The number of benzene rings is 1. The van der Waals surface area contributed by atoms with Gasteiger partial charge in [-0.15, -0.1) is 0 Å². The van der Waals surface area contributed by atoms with Crippen LogP contribution in [0.25, 0.3) is 6.08 Å². The van der Waals surface area contributed by atoms with Crippen molar-refractivity contribution < 1.29 is 9.53 Å². The Balaban J connectivity index is 1.52. The first kappa shape index (κ1) is 12.2. The van der Waals surface area contributed by atoms with Gasteiger partial charge in [-0.2, -0.15) is 0 Å². The predicted molar refractivity (Wildman–Crippen MR) is 73.8 cm³/mol. The lowest BCUT2D eigenvalue weighted by atomic mass is 10.2. The molecule has 100 valence electrons. The first-order valence-electron chi connectivity index (χ1n) is 6.70. The highest BCUT2D eigenvalue weighted by atomic mass is 16.6. The van der Waals surface area contributed by atoms with Crippen molar-refractivity contribution in [2.75, 3.05) is 32.8 Å². The number of ether oxygens (including phenoxy) is 1. The summed E-state index contributed by atoms with van der Waals surface area (Å²) in [4.78, 5) is 15.6. The van der Waals surface area contributed by atoms with Crippen LogP contribution in [0.15, 0.2) is 36.4 Å². The average molecular weight is 258 g/mol. The molecule has 2 aliphatic rings. The van der Waals surface area contributed by atoms with Crippen molar-refractivity contribution in [3.8, 4) is 0 Å². The van der Waals surface area contributed by atoms with Gasteiger partial charge in [0.2, 0.25) is 0 Å². The van der Waals surface area contributed by atoms with Gasteiger partial charge in [-0.05, 0) is 5.56 Å². The van der Waals surface area contributed by atoms with Gasteiger partial charge in [-0.3, -0.25) is 9.80 Å². The molecule has 1 atom stereocenters. The van der Waals surface area contributed by atoms with Gasteiger partial charge < -0.3 is 4.74 Å². The highest BCUT2D eigenvalue weighted by molar-refractivity contribution is 5.70. The predicted octanol–water partition coefficient (Wildman–Crippen LogP) is 1.84. The van der Waals surface area contributed by atoms with Gasteiger partial charge in [-0.25, -0.2) is 4.79 Å². The molecule has 0 spiro atoms. The number of piperazine rings is 1. The number of fused-ring (bicyclic) bond motifs is 1. The van der Waals surface area contributed by atoms with E-state index in [1.165, 1.54) is 5.56 Å². The molecule has 1 aromatic rings. The largest absolute Gasteiger partial charge is 0.447 e. The molecule has 1 unspecified atom stereocenters. The Morgan fingerprint density at radius 3 is 2.95 bits per heavy atom. The Labute approximate surface area is 113 Å². The zero-order valence-electron chi connectivity index (χ0n) is 10.9. The van der Waals surface area contributed by atoms with E-state index in [0.29, 0.717) is 6.61 Å². The number of amides is 1. The van der Waals surface area contributed by atoms with Gasteiger partial charge in [-0.1, -0.05) is 42.5 Å². The number of rotatable bonds is 3. The molecule has 19 heavy (non-hydrogen) atoms. The van der Waals surface area contributed by atoms with Crippen LogP contribution in [-0.2, 0) is 4.74 Å². The third kappa shape index (κ3) is 2.79. The van der Waals surface area contributed by atoms with Crippen LogP contribution >= 0.6 is 0 Å². The molecule has 0 bridgehead atoms. The highest BCUT2D eigenvalue weighted by Gasteiger charge is 2.36. The second-order valence-electron chi connectivity index (χ2n) is 5.00. The maximum atomic E-state index is 11.4. The summed E-state index contributed by atoms with van der Waals surface area (Å²) in [5.74, 6) is 0. The lowest BCUT2D eigenvalue weighted by molar-refractivity contribution is 0.127. The zero-order chi connectivity index (χ0) is 13.1. The fourth-order valence-electron chi connectivity index (χ4n) is 2.62. The molecule has 1 amide bonds. The standard InChI is InChI=1S/C15H18N2O2/c18-15-17-10-9-16(11-14(17)12-19-15)8-4-7-13-5-2-1-3-6-13/h1-7,14H,8-12H2. The monoisotopic (exact) mass is 258 g/mol. The van der Waals surface area contributed by atoms with Crippen LogP contribution in [0.4, 0.5) is 4.79 Å². The van der Waals surface area contributed by atoms with Crippen LogP contribution in [0.2, 0.25) is 0 Å². The van der Waals surface area contributed by atoms with E-state index in [4.69, 9.17) is 4.74 Å². The van der Waals surface area contributed by atoms with E-state index >= 15 is 0 Å². The number of hydrogen-bond donors (Lipinski definition) is 0. The number of cyclic esters (lactones) is 1. The third-order valence-electron chi connectivity index (χ3n) is 3.67. The molecule has 2 fully saturated rings. The average Bonchev–Trinajstić information content (AvgIpc) is 2.81. The van der Waals surface area contributed by atoms with Crippen LogP contribution in [0.1, 0.15) is 5.56 Å². The minimum Gasteiger partial charge on any atom is -0.447 e. The summed E-state index contributed by atoms with van der Waals surface area (Å²) >= 11 is 0. The molecule has 0 aliphatic carbocycles. The minimum absolute atomic E-state index is 0.149. The molecule has 0 N–H and O–H groups in total. The zero-order valence-corrected chi connectivity index (χ0v) is 10.9. The van der Waals surface area contributed by atoms with E-state index < -0.39 is 0 Å². The Kier molecular flexibility index (Phi) is 3.51. The highest BCUT2D eigenvalue weighted by Crippen LogP contribution is 2.17. The molecular weight excluding hydrogens is 240 g/mol. The summed E-state index contributed by atoms with van der Waals surface area (Å²) in [6.07, 6.45) is 4.18. The van der Waals surface area contributed by atoms with Crippen molar-refractivity contribution in [3.05, 3.63) is 42.0 Å². The van der Waals surface area contributed by atoms with E-state index in [9.17, 15) is 4.79 Å². The first-order valence-corrected chi connectivity index (χ1v) is 6.70. The van der Waals surface area contributed by atoms with Crippen LogP contribution in [0.5, 0.6) is 0 Å². The summed E-state index contributed by atoms with van der Waals surface area (Å²) in [7, 11) is 0. The lowest BCUT2D eigenvalue weighted by Crippen LogP contribution is -2.51. The molecular formula is C15H18N2O2. The van der Waals surface area contributed by atoms with Gasteiger partial charge in [0.1, 0.15) is 6.61 Å². The maximum absolute atomic E-state index is 11.4. The van der Waals surface area contributed by atoms with Crippen LogP contribution in [0, 0.1) is 0 Å². The van der Waals surface area contributed by atoms with Gasteiger partial charge in [0.25, 0.3) is 0 Å². The molecule has 2 aliphatic heterocycles. The lowest BCUT2D eigenvalue weighted by Gasteiger charge is -2.34. The van der Waals surface area contributed by atoms with Crippen molar-refractivity contribution in [1.29, 1.82) is 0 Å². The van der Waals surface area contributed by atoms with Crippen LogP contribution < -0.4 is 0 Å². The van der Waals surface area contributed by atoms with E-state index in [0.717, 1.165) is 26.2 Å². The number of nitrogens with zero attached hydrogens (tertiary/aromatic N) is 2. The Hall–Kier alpha value is -1.81. The number of carbonyl (C=O) groups excluding carboxylic acids is 1.